The summed E-state index contributed by atoms with van der Waals surface area (Å²) in [6, 6.07) is 9.38. The third kappa shape index (κ3) is 2.39. The molecule has 0 aromatic heterocycles. The Hall–Kier alpha value is -0.670. The van der Waals surface area contributed by atoms with E-state index in [1.54, 1.807) is 0 Å². The molecule has 96 valence electrons. The quantitative estimate of drug-likeness (QED) is 0.833. The zero-order valence-corrected chi connectivity index (χ0v) is 12.0. The second kappa shape index (κ2) is 5.14. The highest BCUT2D eigenvalue weighted by Crippen LogP contribution is 2.34. The summed E-state index contributed by atoms with van der Waals surface area (Å²) in [5.74, 6) is 0.466. The second-order valence-corrected chi connectivity index (χ2v) is 6.30. The van der Waals surface area contributed by atoms with E-state index in [1.807, 2.05) is 6.07 Å². The maximum atomic E-state index is 11.7. The lowest BCUT2D eigenvalue weighted by molar-refractivity contribution is -0.127. The van der Waals surface area contributed by atoms with Gasteiger partial charge in [-0.1, -0.05) is 40.5 Å². The lowest BCUT2D eigenvalue weighted by Crippen LogP contribution is -2.51. The van der Waals surface area contributed by atoms with Gasteiger partial charge in [0.2, 0.25) is 0 Å². The van der Waals surface area contributed by atoms with Crippen molar-refractivity contribution in [3.63, 3.8) is 0 Å². The zero-order chi connectivity index (χ0) is 12.5. The third-order valence-electron chi connectivity index (χ3n) is 4.25. The van der Waals surface area contributed by atoms with Crippen LogP contribution >= 0.6 is 15.9 Å². The lowest BCUT2D eigenvalue weighted by atomic mass is 9.83. The number of hydrogen-bond donors (Lipinski definition) is 0. The number of carbonyl (C=O) groups is 1. The van der Waals surface area contributed by atoms with Gasteiger partial charge in [-0.05, 0) is 24.5 Å². The number of benzene rings is 1. The number of hydrogen-bond acceptors (Lipinski definition) is 2. The van der Waals surface area contributed by atoms with Gasteiger partial charge < -0.3 is 0 Å². The molecule has 0 spiro atoms. The molecule has 0 saturated carbocycles. The lowest BCUT2D eigenvalue weighted by Gasteiger charge is -2.45. The van der Waals surface area contributed by atoms with Crippen molar-refractivity contribution in [2.45, 2.75) is 50.7 Å². The van der Waals surface area contributed by atoms with Crippen molar-refractivity contribution >= 4 is 21.7 Å². The number of carbonyl (C=O) groups excluding carboxylic acids is 1. The summed E-state index contributed by atoms with van der Waals surface area (Å²) >= 11 is 3.62. The first-order valence-corrected chi connectivity index (χ1v) is 7.54. The molecular weight excluding hydrogens is 290 g/mol. The van der Waals surface area contributed by atoms with Crippen molar-refractivity contribution in [2.75, 3.05) is 0 Å². The normalized spacial score (nSPS) is 28.4. The molecule has 2 aliphatic heterocycles. The Morgan fingerprint density at radius 2 is 1.83 bits per heavy atom. The Morgan fingerprint density at radius 3 is 2.50 bits per heavy atom. The van der Waals surface area contributed by atoms with Crippen LogP contribution in [0.1, 0.15) is 37.7 Å². The van der Waals surface area contributed by atoms with E-state index in [4.69, 9.17) is 0 Å². The second-order valence-electron chi connectivity index (χ2n) is 5.45. The minimum absolute atomic E-state index is 0.466. The van der Waals surface area contributed by atoms with Crippen LogP contribution in [0.3, 0.4) is 0 Å². The molecule has 2 heterocycles. The molecule has 0 N–H and O–H groups in total. The van der Waals surface area contributed by atoms with Crippen LogP contribution in [-0.4, -0.2) is 22.8 Å². The molecule has 1 aromatic rings. The van der Waals surface area contributed by atoms with E-state index < -0.39 is 0 Å². The summed E-state index contributed by atoms with van der Waals surface area (Å²) < 4.78 is 1.18. The average Bonchev–Trinajstić information content (AvgIpc) is 2.33. The zero-order valence-electron chi connectivity index (χ0n) is 10.4. The Balaban J connectivity index is 1.80. The molecule has 2 unspecified atom stereocenters. The van der Waals surface area contributed by atoms with E-state index in [2.05, 4.69) is 39.0 Å². The molecule has 2 aliphatic rings. The largest absolute Gasteiger partial charge is 0.300 e. The van der Waals surface area contributed by atoms with Crippen LogP contribution in [0.25, 0.3) is 0 Å². The molecule has 0 amide bonds. The van der Waals surface area contributed by atoms with Crippen LogP contribution in [0.2, 0.25) is 0 Å². The highest BCUT2D eigenvalue weighted by atomic mass is 79.9. The van der Waals surface area contributed by atoms with Gasteiger partial charge in [0.05, 0.1) is 0 Å². The fourth-order valence-corrected chi connectivity index (χ4v) is 3.76. The summed E-state index contributed by atoms with van der Waals surface area (Å²) in [5.41, 5.74) is 1.34. The van der Waals surface area contributed by atoms with Gasteiger partial charge in [-0.3, -0.25) is 9.69 Å². The van der Waals surface area contributed by atoms with E-state index in [0.29, 0.717) is 17.9 Å². The summed E-state index contributed by atoms with van der Waals surface area (Å²) in [5, 5.41) is 0. The Labute approximate surface area is 116 Å². The fraction of sp³-hybridized carbons (Fsp3) is 0.533. The Kier molecular flexibility index (Phi) is 3.53. The molecule has 2 nitrogen and oxygen atoms in total. The van der Waals surface area contributed by atoms with Crippen molar-refractivity contribution < 1.29 is 4.79 Å². The van der Waals surface area contributed by atoms with Gasteiger partial charge in [0, 0.05) is 35.9 Å². The van der Waals surface area contributed by atoms with Gasteiger partial charge in [-0.25, -0.2) is 0 Å². The molecule has 3 heteroatoms. The van der Waals surface area contributed by atoms with Crippen molar-refractivity contribution in [2.24, 2.45) is 0 Å². The number of halogens is 1. The van der Waals surface area contributed by atoms with Gasteiger partial charge in [0.1, 0.15) is 5.78 Å². The smallest absolute Gasteiger partial charge is 0.136 e. The number of nitrogens with zero attached hydrogens (tertiary/aromatic N) is 1. The summed E-state index contributed by atoms with van der Waals surface area (Å²) in [7, 11) is 0. The predicted octanol–water partition coefficient (Wildman–Crippen LogP) is 3.54. The van der Waals surface area contributed by atoms with Crippen LogP contribution in [0.4, 0.5) is 0 Å². The molecule has 3 rings (SSSR count). The standard InChI is InChI=1S/C15H18BrNO/c16-15-7-2-1-4-11(15)10-17-12-5-3-6-13(17)9-14(18)8-12/h1-2,4,7,12-13H,3,5-6,8-10H2. The van der Waals surface area contributed by atoms with Crippen LogP contribution in [0, 0.1) is 0 Å². The van der Waals surface area contributed by atoms with Crippen molar-refractivity contribution in [3.05, 3.63) is 34.3 Å². The van der Waals surface area contributed by atoms with Crippen molar-refractivity contribution in [3.8, 4) is 0 Å². The third-order valence-corrected chi connectivity index (χ3v) is 5.02. The minimum Gasteiger partial charge on any atom is -0.300 e. The monoisotopic (exact) mass is 307 g/mol. The van der Waals surface area contributed by atoms with Crippen LogP contribution < -0.4 is 0 Å². The van der Waals surface area contributed by atoms with Crippen LogP contribution in [0.15, 0.2) is 28.7 Å². The topological polar surface area (TPSA) is 20.3 Å². The maximum Gasteiger partial charge on any atom is 0.136 e. The molecule has 0 aliphatic carbocycles. The van der Waals surface area contributed by atoms with E-state index in [-0.39, 0.29) is 0 Å². The molecule has 18 heavy (non-hydrogen) atoms. The number of Topliss-reactive ketones (excluding diaryl/α,β-unsaturated/α-hetero) is 1. The molecule has 2 saturated heterocycles. The van der Waals surface area contributed by atoms with E-state index in [9.17, 15) is 4.79 Å². The molecule has 0 radical (unpaired) electrons. The highest BCUT2D eigenvalue weighted by Gasteiger charge is 2.37. The number of piperidine rings is 2. The average molecular weight is 308 g/mol. The molecule has 2 fully saturated rings. The van der Waals surface area contributed by atoms with E-state index in [0.717, 1.165) is 19.4 Å². The molecule has 2 bridgehead atoms. The first kappa shape index (κ1) is 12.4. The van der Waals surface area contributed by atoms with E-state index in [1.165, 1.54) is 29.3 Å². The SMILES string of the molecule is O=C1CC2CCCC(C1)N2Cc1ccccc1Br. The fourth-order valence-electron chi connectivity index (χ4n) is 3.35. The molecular formula is C15H18BrNO. The van der Waals surface area contributed by atoms with Gasteiger partial charge in [-0.15, -0.1) is 0 Å². The summed E-state index contributed by atoms with van der Waals surface area (Å²) in [4.78, 5) is 14.3. The molecule has 2 atom stereocenters. The number of rotatable bonds is 2. The first-order chi connectivity index (χ1) is 8.74. The number of fused-ring (bicyclic) bond motifs is 2. The number of ketones is 1. The van der Waals surface area contributed by atoms with Crippen molar-refractivity contribution in [1.82, 2.24) is 4.90 Å². The predicted molar refractivity (Wildman–Crippen MR) is 75.4 cm³/mol. The van der Waals surface area contributed by atoms with Crippen LogP contribution in [0.5, 0.6) is 0 Å². The summed E-state index contributed by atoms with van der Waals surface area (Å²) in [6.45, 7) is 0.976. The van der Waals surface area contributed by atoms with Gasteiger partial charge in [-0.2, -0.15) is 0 Å². The van der Waals surface area contributed by atoms with Crippen molar-refractivity contribution in [1.29, 1.82) is 0 Å². The first-order valence-electron chi connectivity index (χ1n) is 6.75. The highest BCUT2D eigenvalue weighted by molar-refractivity contribution is 9.10. The maximum absolute atomic E-state index is 11.7. The van der Waals surface area contributed by atoms with Gasteiger partial charge >= 0.3 is 0 Å². The summed E-state index contributed by atoms with van der Waals surface area (Å²) in [6.07, 6.45) is 5.19. The minimum atomic E-state index is 0.466. The Bertz CT molecular complexity index is 444. The van der Waals surface area contributed by atoms with Gasteiger partial charge in [0.25, 0.3) is 0 Å². The molecule has 1 aromatic carbocycles. The van der Waals surface area contributed by atoms with Crippen LogP contribution in [-0.2, 0) is 11.3 Å². The Morgan fingerprint density at radius 1 is 1.17 bits per heavy atom. The van der Waals surface area contributed by atoms with E-state index >= 15 is 0 Å². The van der Waals surface area contributed by atoms with Gasteiger partial charge in [0.15, 0.2) is 0 Å².